The molecule has 0 spiro atoms. The van der Waals surface area contributed by atoms with Crippen LogP contribution in [0.15, 0.2) is 29.2 Å². The van der Waals surface area contributed by atoms with E-state index < -0.39 is 0 Å². The zero-order valence-electron chi connectivity index (χ0n) is 9.68. The molecule has 2 rings (SSSR count). The number of anilines is 1. The molecule has 2 aromatic heterocycles. The van der Waals surface area contributed by atoms with E-state index in [1.54, 1.807) is 12.5 Å². The summed E-state index contributed by atoms with van der Waals surface area (Å²) >= 11 is 0. The molecule has 0 aromatic carbocycles. The van der Waals surface area contributed by atoms with E-state index in [0.717, 1.165) is 24.1 Å². The monoisotopic (exact) mass is 219 g/mol. The van der Waals surface area contributed by atoms with Crippen LogP contribution in [0.2, 0.25) is 0 Å². The van der Waals surface area contributed by atoms with Gasteiger partial charge in [-0.25, -0.2) is 0 Å². The minimum absolute atomic E-state index is 0.419. The molecule has 86 valence electrons. The summed E-state index contributed by atoms with van der Waals surface area (Å²) in [7, 11) is 0. The standard InChI is InChI=1S/C12H17N3O/c1-3-10(4-2)15-7-11(13)12(14-15)9-5-6-16-8-9/h5-8,10H,3-4,13H2,1-2H3. The summed E-state index contributed by atoms with van der Waals surface area (Å²) in [4.78, 5) is 0. The molecule has 0 saturated carbocycles. The van der Waals surface area contributed by atoms with Crippen LogP contribution in [0.25, 0.3) is 11.3 Å². The SMILES string of the molecule is CCC(CC)n1cc(N)c(-c2ccoc2)n1. The second-order valence-electron chi connectivity index (χ2n) is 3.90. The van der Waals surface area contributed by atoms with E-state index in [0.29, 0.717) is 11.7 Å². The molecular weight excluding hydrogens is 202 g/mol. The van der Waals surface area contributed by atoms with Crippen molar-refractivity contribution in [2.24, 2.45) is 0 Å². The molecule has 0 atom stereocenters. The first kappa shape index (κ1) is 10.8. The van der Waals surface area contributed by atoms with E-state index in [2.05, 4.69) is 18.9 Å². The van der Waals surface area contributed by atoms with Gasteiger partial charge in [-0.05, 0) is 18.9 Å². The lowest BCUT2D eigenvalue weighted by molar-refractivity contribution is 0.429. The number of nitrogen functional groups attached to an aromatic ring is 1. The van der Waals surface area contributed by atoms with Gasteiger partial charge in [0.2, 0.25) is 0 Å². The Kier molecular flexibility index (Phi) is 2.99. The zero-order valence-corrected chi connectivity index (χ0v) is 9.68. The van der Waals surface area contributed by atoms with Crippen LogP contribution < -0.4 is 5.73 Å². The molecule has 4 heteroatoms. The van der Waals surface area contributed by atoms with Crippen molar-refractivity contribution in [3.63, 3.8) is 0 Å². The van der Waals surface area contributed by atoms with Crippen LogP contribution in [-0.2, 0) is 0 Å². The fourth-order valence-electron chi connectivity index (χ4n) is 1.88. The molecule has 0 saturated heterocycles. The van der Waals surface area contributed by atoms with Gasteiger partial charge in [-0.15, -0.1) is 0 Å². The maximum absolute atomic E-state index is 5.95. The van der Waals surface area contributed by atoms with Gasteiger partial charge in [-0.1, -0.05) is 13.8 Å². The van der Waals surface area contributed by atoms with Crippen LogP contribution in [0.4, 0.5) is 5.69 Å². The number of aromatic nitrogens is 2. The van der Waals surface area contributed by atoms with Gasteiger partial charge in [-0.3, -0.25) is 4.68 Å². The van der Waals surface area contributed by atoms with E-state index >= 15 is 0 Å². The quantitative estimate of drug-likeness (QED) is 0.859. The lowest BCUT2D eigenvalue weighted by Crippen LogP contribution is -2.07. The maximum atomic E-state index is 5.95. The summed E-state index contributed by atoms with van der Waals surface area (Å²) in [6, 6.07) is 2.29. The van der Waals surface area contributed by atoms with Crippen molar-refractivity contribution in [1.29, 1.82) is 0 Å². The number of furan rings is 1. The third-order valence-corrected chi connectivity index (χ3v) is 2.87. The Morgan fingerprint density at radius 2 is 2.19 bits per heavy atom. The molecule has 2 heterocycles. The Morgan fingerprint density at radius 3 is 2.75 bits per heavy atom. The van der Waals surface area contributed by atoms with Gasteiger partial charge < -0.3 is 10.2 Å². The fraction of sp³-hybridized carbons (Fsp3) is 0.417. The molecular formula is C12H17N3O. The molecule has 0 fully saturated rings. The van der Waals surface area contributed by atoms with Crippen molar-refractivity contribution >= 4 is 5.69 Å². The summed E-state index contributed by atoms with van der Waals surface area (Å²) in [5, 5.41) is 4.53. The lowest BCUT2D eigenvalue weighted by Gasteiger charge is -2.12. The van der Waals surface area contributed by atoms with E-state index in [4.69, 9.17) is 10.2 Å². The van der Waals surface area contributed by atoms with Gasteiger partial charge >= 0.3 is 0 Å². The van der Waals surface area contributed by atoms with Gasteiger partial charge in [-0.2, -0.15) is 5.10 Å². The van der Waals surface area contributed by atoms with Crippen molar-refractivity contribution in [1.82, 2.24) is 9.78 Å². The van der Waals surface area contributed by atoms with Gasteiger partial charge in [0, 0.05) is 11.8 Å². The topological polar surface area (TPSA) is 57.0 Å². The van der Waals surface area contributed by atoms with Crippen LogP contribution in [0, 0.1) is 0 Å². The highest BCUT2D eigenvalue weighted by Gasteiger charge is 2.13. The highest BCUT2D eigenvalue weighted by molar-refractivity contribution is 5.70. The normalized spacial score (nSPS) is 11.2. The summed E-state index contributed by atoms with van der Waals surface area (Å²) < 4.78 is 7.00. The average Bonchev–Trinajstić information content (AvgIpc) is 2.89. The number of nitrogens with zero attached hydrogens (tertiary/aromatic N) is 2. The Hall–Kier alpha value is -1.71. The van der Waals surface area contributed by atoms with E-state index in [-0.39, 0.29) is 0 Å². The smallest absolute Gasteiger partial charge is 0.118 e. The number of hydrogen-bond acceptors (Lipinski definition) is 3. The molecule has 2 aromatic rings. The summed E-state index contributed by atoms with van der Waals surface area (Å²) in [5.74, 6) is 0. The zero-order chi connectivity index (χ0) is 11.5. The van der Waals surface area contributed by atoms with Crippen molar-refractivity contribution < 1.29 is 4.42 Å². The third-order valence-electron chi connectivity index (χ3n) is 2.87. The van der Waals surface area contributed by atoms with Gasteiger partial charge in [0.05, 0.1) is 24.3 Å². The minimum atomic E-state index is 0.419. The molecule has 0 aliphatic heterocycles. The second-order valence-corrected chi connectivity index (χ2v) is 3.90. The van der Waals surface area contributed by atoms with Crippen LogP contribution >= 0.6 is 0 Å². The predicted molar refractivity (Wildman–Crippen MR) is 64.0 cm³/mol. The Morgan fingerprint density at radius 1 is 1.44 bits per heavy atom. The Bertz CT molecular complexity index is 441. The highest BCUT2D eigenvalue weighted by atomic mass is 16.3. The van der Waals surface area contributed by atoms with E-state index in [1.165, 1.54) is 0 Å². The second kappa shape index (κ2) is 4.43. The summed E-state index contributed by atoms with van der Waals surface area (Å²) in [6.45, 7) is 4.31. The Balaban J connectivity index is 2.35. The van der Waals surface area contributed by atoms with E-state index in [1.807, 2.05) is 16.9 Å². The summed E-state index contributed by atoms with van der Waals surface area (Å²) in [6.07, 6.45) is 7.31. The van der Waals surface area contributed by atoms with E-state index in [9.17, 15) is 0 Å². The van der Waals surface area contributed by atoms with Gasteiger partial charge in [0.25, 0.3) is 0 Å². The molecule has 0 unspecified atom stereocenters. The molecule has 0 aliphatic rings. The molecule has 0 aliphatic carbocycles. The average molecular weight is 219 g/mol. The molecule has 0 radical (unpaired) electrons. The first-order valence-corrected chi connectivity index (χ1v) is 5.63. The first-order valence-electron chi connectivity index (χ1n) is 5.63. The Labute approximate surface area is 95.1 Å². The number of nitrogens with two attached hydrogens (primary N) is 1. The molecule has 0 bridgehead atoms. The highest BCUT2D eigenvalue weighted by Crippen LogP contribution is 2.27. The van der Waals surface area contributed by atoms with Crippen molar-refractivity contribution in [2.45, 2.75) is 32.7 Å². The van der Waals surface area contributed by atoms with Crippen molar-refractivity contribution in [3.05, 3.63) is 24.8 Å². The van der Waals surface area contributed by atoms with Gasteiger partial charge in [0.1, 0.15) is 5.69 Å². The van der Waals surface area contributed by atoms with Crippen LogP contribution in [0.1, 0.15) is 32.7 Å². The van der Waals surface area contributed by atoms with Crippen molar-refractivity contribution in [2.75, 3.05) is 5.73 Å². The predicted octanol–water partition coefficient (Wildman–Crippen LogP) is 3.09. The summed E-state index contributed by atoms with van der Waals surface area (Å²) in [5.41, 5.74) is 8.40. The maximum Gasteiger partial charge on any atom is 0.118 e. The van der Waals surface area contributed by atoms with Crippen molar-refractivity contribution in [3.8, 4) is 11.3 Å². The van der Waals surface area contributed by atoms with Crippen LogP contribution in [0.5, 0.6) is 0 Å². The number of hydrogen-bond donors (Lipinski definition) is 1. The van der Waals surface area contributed by atoms with Gasteiger partial charge in [0.15, 0.2) is 0 Å². The minimum Gasteiger partial charge on any atom is -0.472 e. The van der Waals surface area contributed by atoms with Crippen LogP contribution in [0.3, 0.4) is 0 Å². The number of rotatable bonds is 4. The third kappa shape index (κ3) is 1.83. The molecule has 4 nitrogen and oxygen atoms in total. The molecule has 2 N–H and O–H groups in total. The fourth-order valence-corrected chi connectivity index (χ4v) is 1.88. The molecule has 16 heavy (non-hydrogen) atoms. The largest absolute Gasteiger partial charge is 0.472 e. The molecule has 0 amide bonds. The first-order chi connectivity index (χ1) is 7.76. The lowest BCUT2D eigenvalue weighted by atomic mass is 10.2. The van der Waals surface area contributed by atoms with Crippen LogP contribution in [-0.4, -0.2) is 9.78 Å².